The lowest BCUT2D eigenvalue weighted by atomic mass is 9.77. The minimum atomic E-state index is -0.135. The first-order chi connectivity index (χ1) is 9.65. The summed E-state index contributed by atoms with van der Waals surface area (Å²) in [4.78, 5) is 12.8. The van der Waals surface area contributed by atoms with E-state index in [0.717, 1.165) is 56.7 Å². The first-order valence-corrected chi connectivity index (χ1v) is 7.94. The second-order valence-electron chi connectivity index (χ2n) is 5.85. The fourth-order valence-electron chi connectivity index (χ4n) is 3.27. The molecule has 20 heavy (non-hydrogen) atoms. The Balaban J connectivity index is 2.15. The molecule has 4 heteroatoms. The predicted octanol–water partition coefficient (Wildman–Crippen LogP) is 2.36. The first kappa shape index (κ1) is 15.2. The van der Waals surface area contributed by atoms with Gasteiger partial charge in [-0.1, -0.05) is 20.3 Å². The molecule has 0 saturated carbocycles. The molecular formula is C16H27N3O. The average Bonchev–Trinajstić information content (AvgIpc) is 3.06. The summed E-state index contributed by atoms with van der Waals surface area (Å²) < 4.78 is 1.98. The van der Waals surface area contributed by atoms with Crippen molar-refractivity contribution in [3.63, 3.8) is 0 Å². The maximum absolute atomic E-state index is 12.8. The van der Waals surface area contributed by atoms with Gasteiger partial charge in [-0.05, 0) is 38.8 Å². The van der Waals surface area contributed by atoms with Crippen molar-refractivity contribution in [3.05, 3.63) is 17.5 Å². The lowest BCUT2D eigenvalue weighted by molar-refractivity contribution is -0.127. The smallest absolute Gasteiger partial charge is 0.146 e. The minimum Gasteiger partial charge on any atom is -0.316 e. The zero-order valence-electron chi connectivity index (χ0n) is 13.0. The summed E-state index contributed by atoms with van der Waals surface area (Å²) in [6, 6.07) is 2.10. The van der Waals surface area contributed by atoms with Gasteiger partial charge >= 0.3 is 0 Å². The van der Waals surface area contributed by atoms with Crippen LogP contribution in [-0.4, -0.2) is 28.7 Å². The zero-order valence-corrected chi connectivity index (χ0v) is 13.0. The van der Waals surface area contributed by atoms with Crippen LogP contribution in [0.1, 0.15) is 51.4 Å². The number of carbonyl (C=O) groups excluding carboxylic acids is 1. The highest BCUT2D eigenvalue weighted by Crippen LogP contribution is 2.33. The second kappa shape index (κ2) is 6.53. The van der Waals surface area contributed by atoms with Crippen molar-refractivity contribution in [2.24, 2.45) is 5.41 Å². The number of aromatic nitrogens is 2. The van der Waals surface area contributed by atoms with Crippen LogP contribution in [0.3, 0.4) is 0 Å². The monoisotopic (exact) mass is 277 g/mol. The summed E-state index contributed by atoms with van der Waals surface area (Å²) in [6.45, 7) is 9.01. The molecular weight excluding hydrogens is 250 g/mol. The molecule has 1 aliphatic heterocycles. The number of aryl methyl sites for hydroxylation is 2. The first-order valence-electron chi connectivity index (χ1n) is 7.94. The molecule has 2 heterocycles. The summed E-state index contributed by atoms with van der Waals surface area (Å²) in [5.41, 5.74) is 2.03. The van der Waals surface area contributed by atoms with E-state index < -0.39 is 0 Å². The maximum atomic E-state index is 12.8. The maximum Gasteiger partial charge on any atom is 0.146 e. The fourth-order valence-corrected chi connectivity index (χ4v) is 3.27. The molecule has 0 bridgehead atoms. The molecule has 1 aliphatic rings. The molecule has 0 spiro atoms. The van der Waals surface area contributed by atoms with Gasteiger partial charge in [-0.15, -0.1) is 0 Å². The van der Waals surface area contributed by atoms with Crippen LogP contribution in [0.2, 0.25) is 0 Å². The van der Waals surface area contributed by atoms with Crippen molar-refractivity contribution in [1.29, 1.82) is 0 Å². The van der Waals surface area contributed by atoms with Crippen molar-refractivity contribution in [2.75, 3.05) is 13.1 Å². The normalized spacial score (nSPS) is 22.4. The highest BCUT2D eigenvalue weighted by atomic mass is 16.1. The Hall–Kier alpha value is -1.16. The lowest BCUT2D eigenvalue weighted by Crippen LogP contribution is -2.35. The van der Waals surface area contributed by atoms with Crippen LogP contribution in [-0.2, 0) is 24.2 Å². The number of nitrogens with one attached hydrogen (secondary N) is 1. The quantitative estimate of drug-likeness (QED) is 0.832. The van der Waals surface area contributed by atoms with Crippen molar-refractivity contribution in [1.82, 2.24) is 15.1 Å². The topological polar surface area (TPSA) is 46.9 Å². The van der Waals surface area contributed by atoms with Gasteiger partial charge in [0.15, 0.2) is 0 Å². The number of rotatable bonds is 7. The van der Waals surface area contributed by atoms with Crippen LogP contribution in [0.25, 0.3) is 0 Å². The zero-order chi connectivity index (χ0) is 14.6. The number of hydrogen-bond donors (Lipinski definition) is 1. The third kappa shape index (κ3) is 2.95. The van der Waals surface area contributed by atoms with E-state index in [0.29, 0.717) is 12.2 Å². The third-order valence-electron chi connectivity index (χ3n) is 4.48. The highest BCUT2D eigenvalue weighted by molar-refractivity contribution is 5.87. The van der Waals surface area contributed by atoms with Gasteiger partial charge in [-0.2, -0.15) is 5.10 Å². The Morgan fingerprint density at radius 2 is 2.25 bits per heavy atom. The fraction of sp³-hybridized carbons (Fsp3) is 0.750. The Kier molecular flexibility index (Phi) is 4.97. The molecule has 0 radical (unpaired) electrons. The summed E-state index contributed by atoms with van der Waals surface area (Å²) in [5.74, 6) is 0.390. The van der Waals surface area contributed by atoms with Crippen molar-refractivity contribution in [3.8, 4) is 0 Å². The number of carbonyl (C=O) groups is 1. The molecule has 1 unspecified atom stereocenters. The van der Waals surface area contributed by atoms with Gasteiger partial charge in [0, 0.05) is 30.6 Å². The van der Waals surface area contributed by atoms with E-state index in [1.807, 2.05) is 4.68 Å². The average molecular weight is 277 g/mol. The molecule has 112 valence electrons. The van der Waals surface area contributed by atoms with E-state index in [1.165, 1.54) is 0 Å². The molecule has 4 nitrogen and oxygen atoms in total. The SMILES string of the molecule is CCCC1(C(=O)Cc2cc(CC)nn2CC)CCNC1. The van der Waals surface area contributed by atoms with Gasteiger partial charge < -0.3 is 5.32 Å². The van der Waals surface area contributed by atoms with Gasteiger partial charge in [-0.25, -0.2) is 0 Å². The highest BCUT2D eigenvalue weighted by Gasteiger charge is 2.39. The van der Waals surface area contributed by atoms with Gasteiger partial charge in [0.2, 0.25) is 0 Å². The molecule has 2 rings (SSSR count). The lowest BCUT2D eigenvalue weighted by Gasteiger charge is -2.26. The summed E-state index contributed by atoms with van der Waals surface area (Å²) in [5, 5.41) is 7.91. The number of Topliss-reactive ketones (excluding diaryl/α,β-unsaturated/α-hetero) is 1. The standard InChI is InChI=1S/C16H27N3O/c1-4-7-16(8-9-17-12-16)15(20)11-14-10-13(5-2)18-19(14)6-3/h10,17H,4-9,11-12H2,1-3H3. The van der Waals surface area contributed by atoms with Gasteiger partial charge in [0.05, 0.1) is 5.69 Å². The van der Waals surface area contributed by atoms with E-state index >= 15 is 0 Å². The van der Waals surface area contributed by atoms with E-state index in [2.05, 4.69) is 37.3 Å². The Labute approximate surface area is 121 Å². The van der Waals surface area contributed by atoms with Crippen LogP contribution in [0.4, 0.5) is 0 Å². The van der Waals surface area contributed by atoms with E-state index in [4.69, 9.17) is 0 Å². The van der Waals surface area contributed by atoms with Crippen LogP contribution in [0.5, 0.6) is 0 Å². The Bertz CT molecular complexity index is 458. The molecule has 0 amide bonds. The molecule has 1 N–H and O–H groups in total. The largest absolute Gasteiger partial charge is 0.316 e. The van der Waals surface area contributed by atoms with Crippen molar-refractivity contribution in [2.45, 2.75) is 59.4 Å². The van der Waals surface area contributed by atoms with Gasteiger partial charge in [-0.3, -0.25) is 9.48 Å². The Morgan fingerprint density at radius 3 is 2.80 bits per heavy atom. The van der Waals surface area contributed by atoms with Crippen LogP contribution in [0.15, 0.2) is 6.07 Å². The molecule has 0 aliphatic carbocycles. The van der Waals surface area contributed by atoms with Gasteiger partial charge in [0.25, 0.3) is 0 Å². The minimum absolute atomic E-state index is 0.135. The summed E-state index contributed by atoms with van der Waals surface area (Å²) in [7, 11) is 0. The molecule has 0 aromatic carbocycles. The molecule has 1 atom stereocenters. The molecule has 1 fully saturated rings. The number of nitrogens with zero attached hydrogens (tertiary/aromatic N) is 2. The Morgan fingerprint density at radius 1 is 1.45 bits per heavy atom. The summed E-state index contributed by atoms with van der Waals surface area (Å²) in [6.07, 6.45) is 4.51. The molecule has 1 aromatic heterocycles. The third-order valence-corrected chi connectivity index (χ3v) is 4.48. The molecule has 1 saturated heterocycles. The number of hydrogen-bond acceptors (Lipinski definition) is 3. The van der Waals surface area contributed by atoms with Crippen LogP contribution in [0, 0.1) is 5.41 Å². The van der Waals surface area contributed by atoms with Crippen LogP contribution < -0.4 is 5.32 Å². The second-order valence-corrected chi connectivity index (χ2v) is 5.85. The van der Waals surface area contributed by atoms with E-state index in [1.54, 1.807) is 0 Å². The van der Waals surface area contributed by atoms with E-state index in [9.17, 15) is 4.79 Å². The van der Waals surface area contributed by atoms with E-state index in [-0.39, 0.29) is 5.41 Å². The van der Waals surface area contributed by atoms with Crippen molar-refractivity contribution >= 4 is 5.78 Å². The predicted molar refractivity (Wildman–Crippen MR) is 80.8 cm³/mol. The van der Waals surface area contributed by atoms with Gasteiger partial charge in [0.1, 0.15) is 5.78 Å². The van der Waals surface area contributed by atoms with Crippen LogP contribution >= 0.6 is 0 Å². The number of ketones is 1. The molecule has 1 aromatic rings. The van der Waals surface area contributed by atoms with Crippen molar-refractivity contribution < 1.29 is 4.79 Å². The summed E-state index contributed by atoms with van der Waals surface area (Å²) >= 11 is 0.